The molecule has 2 aromatic rings. The van der Waals surface area contributed by atoms with Crippen molar-refractivity contribution in [3.05, 3.63) is 29.8 Å². The van der Waals surface area contributed by atoms with Crippen molar-refractivity contribution in [2.75, 3.05) is 24.6 Å². The summed E-state index contributed by atoms with van der Waals surface area (Å²) >= 11 is 1.88. The normalized spacial score (nSPS) is 16.8. The minimum atomic E-state index is -0.266. The minimum Gasteiger partial charge on any atom is -0.356 e. The lowest BCUT2D eigenvalue weighted by atomic mass is 10.2. The van der Waals surface area contributed by atoms with Crippen molar-refractivity contribution >= 4 is 53.5 Å². The Morgan fingerprint density at radius 1 is 1.48 bits per heavy atom. The summed E-state index contributed by atoms with van der Waals surface area (Å²) in [7, 11) is 1.87. The van der Waals surface area contributed by atoms with Crippen LogP contribution in [-0.4, -0.2) is 46.1 Å². The molecule has 0 radical (unpaired) electrons. The van der Waals surface area contributed by atoms with Crippen LogP contribution >= 0.6 is 36.6 Å². The van der Waals surface area contributed by atoms with Gasteiger partial charge in [-0.3, -0.25) is 4.79 Å². The Balaban J connectivity index is 0.00000156. The lowest BCUT2D eigenvalue weighted by Crippen LogP contribution is -2.41. The highest BCUT2D eigenvalue weighted by Crippen LogP contribution is 2.16. The summed E-state index contributed by atoms with van der Waals surface area (Å²) in [6.07, 6.45) is 1.14. The second-order valence-electron chi connectivity index (χ2n) is 5.75. The predicted octanol–water partition coefficient (Wildman–Crippen LogP) is 2.31. The van der Waals surface area contributed by atoms with Gasteiger partial charge in [-0.15, -0.1) is 24.8 Å². The van der Waals surface area contributed by atoms with Crippen LogP contribution in [0.1, 0.15) is 12.2 Å². The average molecular weight is 409 g/mol. The summed E-state index contributed by atoms with van der Waals surface area (Å²) in [5.41, 5.74) is 1.55. The zero-order chi connectivity index (χ0) is 16.2. The van der Waals surface area contributed by atoms with Gasteiger partial charge in [-0.25, -0.2) is 9.37 Å². The van der Waals surface area contributed by atoms with E-state index in [9.17, 15) is 9.18 Å². The van der Waals surface area contributed by atoms with Gasteiger partial charge < -0.3 is 15.2 Å². The second kappa shape index (κ2) is 10.2. The Morgan fingerprint density at radius 3 is 3.00 bits per heavy atom. The first-order chi connectivity index (χ1) is 11.1. The molecule has 1 aliphatic rings. The maximum absolute atomic E-state index is 13.3. The number of benzene rings is 1. The number of hydrogen-bond acceptors (Lipinski definition) is 4. The lowest BCUT2D eigenvalue weighted by molar-refractivity contribution is -0.121. The number of rotatable bonds is 5. The highest BCUT2D eigenvalue weighted by Gasteiger charge is 2.16. The number of amides is 1. The Bertz CT molecular complexity index is 707. The molecule has 140 valence electrons. The zero-order valence-electron chi connectivity index (χ0n) is 14.0. The zero-order valence-corrected chi connectivity index (χ0v) is 16.4. The fourth-order valence-corrected chi connectivity index (χ4v) is 3.75. The third-order valence-corrected chi connectivity index (χ3v) is 5.17. The number of carbonyl (C=O) groups excluding carboxylic acids is 1. The number of imidazole rings is 1. The average Bonchev–Trinajstić information content (AvgIpc) is 2.85. The quantitative estimate of drug-likeness (QED) is 0.796. The summed E-state index contributed by atoms with van der Waals surface area (Å²) in [5, 5.41) is 6.30. The summed E-state index contributed by atoms with van der Waals surface area (Å²) in [6.45, 7) is 1.51. The van der Waals surface area contributed by atoms with E-state index in [2.05, 4.69) is 15.6 Å². The van der Waals surface area contributed by atoms with E-state index in [-0.39, 0.29) is 42.6 Å². The van der Waals surface area contributed by atoms with Gasteiger partial charge in [0, 0.05) is 50.5 Å². The Labute approximate surface area is 163 Å². The molecule has 0 spiro atoms. The van der Waals surface area contributed by atoms with Crippen LogP contribution in [0.15, 0.2) is 18.2 Å². The van der Waals surface area contributed by atoms with Gasteiger partial charge in [-0.05, 0) is 18.2 Å². The molecule has 3 rings (SSSR count). The first-order valence-electron chi connectivity index (χ1n) is 7.82. The molecule has 1 amide bonds. The van der Waals surface area contributed by atoms with E-state index >= 15 is 0 Å². The summed E-state index contributed by atoms with van der Waals surface area (Å²) < 4.78 is 15.2. The van der Waals surface area contributed by atoms with Crippen LogP contribution in [0.25, 0.3) is 11.0 Å². The van der Waals surface area contributed by atoms with Crippen LogP contribution in [-0.2, 0) is 18.3 Å². The van der Waals surface area contributed by atoms with E-state index in [1.165, 1.54) is 12.1 Å². The van der Waals surface area contributed by atoms with Gasteiger partial charge in [0.05, 0.1) is 11.0 Å². The largest absolute Gasteiger partial charge is 0.356 e. The smallest absolute Gasteiger partial charge is 0.221 e. The first kappa shape index (κ1) is 22.0. The Kier molecular flexibility index (Phi) is 8.99. The second-order valence-corrected chi connectivity index (χ2v) is 6.90. The molecule has 0 bridgehead atoms. The maximum Gasteiger partial charge on any atom is 0.221 e. The molecule has 0 saturated carbocycles. The Morgan fingerprint density at radius 2 is 2.28 bits per heavy atom. The van der Waals surface area contributed by atoms with Crippen LogP contribution in [0, 0.1) is 5.82 Å². The highest BCUT2D eigenvalue weighted by atomic mass is 35.5. The molecule has 2 heterocycles. The maximum atomic E-state index is 13.3. The molecule has 1 fully saturated rings. The molecule has 1 aromatic heterocycles. The van der Waals surface area contributed by atoms with E-state index in [0.29, 0.717) is 19.4 Å². The van der Waals surface area contributed by atoms with Crippen LogP contribution < -0.4 is 10.6 Å². The SMILES string of the molecule is Cl.Cl.Cn1c(CCNC(=O)CC2CSCCN2)nc2ccc(F)cc21. The number of aromatic nitrogens is 2. The van der Waals surface area contributed by atoms with E-state index in [4.69, 9.17) is 0 Å². The molecule has 2 N–H and O–H groups in total. The molecule has 1 unspecified atom stereocenters. The molecular formula is C16H23Cl2FN4OS. The van der Waals surface area contributed by atoms with Crippen molar-refractivity contribution in [2.45, 2.75) is 18.9 Å². The monoisotopic (exact) mass is 408 g/mol. The van der Waals surface area contributed by atoms with Gasteiger partial charge in [-0.1, -0.05) is 0 Å². The molecule has 1 aliphatic heterocycles. The molecule has 1 atom stereocenters. The van der Waals surface area contributed by atoms with Gasteiger partial charge in [0.1, 0.15) is 11.6 Å². The standard InChI is InChI=1S/C16H21FN4OS.2ClH/c1-21-14-8-11(17)2-3-13(14)20-15(21)4-5-19-16(22)9-12-10-23-7-6-18-12;;/h2-3,8,12,18H,4-7,9-10H2,1H3,(H,19,22);2*1H. The van der Waals surface area contributed by atoms with E-state index < -0.39 is 0 Å². The molecule has 0 aliphatic carbocycles. The topological polar surface area (TPSA) is 59.0 Å². The number of halogens is 3. The fraction of sp³-hybridized carbons (Fsp3) is 0.500. The summed E-state index contributed by atoms with van der Waals surface area (Å²) in [6, 6.07) is 4.85. The van der Waals surface area contributed by atoms with Crippen LogP contribution in [0.4, 0.5) is 4.39 Å². The number of aryl methyl sites for hydroxylation is 1. The molecular weight excluding hydrogens is 386 g/mol. The Hall–Kier alpha value is -1.02. The van der Waals surface area contributed by atoms with Crippen LogP contribution in [0.5, 0.6) is 0 Å². The third kappa shape index (κ3) is 5.74. The number of thioether (sulfide) groups is 1. The van der Waals surface area contributed by atoms with E-state index in [1.54, 1.807) is 6.07 Å². The van der Waals surface area contributed by atoms with Crippen molar-refractivity contribution in [3.63, 3.8) is 0 Å². The molecule has 5 nitrogen and oxygen atoms in total. The number of carbonyl (C=O) groups is 1. The fourth-order valence-electron chi connectivity index (χ4n) is 2.80. The van der Waals surface area contributed by atoms with Gasteiger partial charge in [0.25, 0.3) is 0 Å². The summed E-state index contributed by atoms with van der Waals surface area (Å²) in [4.78, 5) is 16.5. The van der Waals surface area contributed by atoms with Crippen molar-refractivity contribution in [3.8, 4) is 0 Å². The molecule has 1 aromatic carbocycles. The van der Waals surface area contributed by atoms with Crippen molar-refractivity contribution < 1.29 is 9.18 Å². The first-order valence-corrected chi connectivity index (χ1v) is 8.97. The van der Waals surface area contributed by atoms with E-state index in [0.717, 1.165) is 34.9 Å². The number of hydrogen-bond donors (Lipinski definition) is 2. The van der Waals surface area contributed by atoms with E-state index in [1.807, 2.05) is 23.4 Å². The lowest BCUT2D eigenvalue weighted by Gasteiger charge is -2.22. The minimum absolute atomic E-state index is 0. The van der Waals surface area contributed by atoms with Crippen LogP contribution in [0.3, 0.4) is 0 Å². The molecule has 1 saturated heterocycles. The van der Waals surface area contributed by atoms with Crippen molar-refractivity contribution in [1.29, 1.82) is 0 Å². The number of fused-ring (bicyclic) bond motifs is 1. The van der Waals surface area contributed by atoms with Gasteiger partial charge in [0.15, 0.2) is 0 Å². The predicted molar refractivity (Wildman–Crippen MR) is 106 cm³/mol. The highest BCUT2D eigenvalue weighted by molar-refractivity contribution is 7.99. The molecule has 9 heteroatoms. The number of nitrogens with zero attached hydrogens (tertiary/aromatic N) is 2. The van der Waals surface area contributed by atoms with Crippen molar-refractivity contribution in [2.24, 2.45) is 7.05 Å². The van der Waals surface area contributed by atoms with Gasteiger partial charge in [0.2, 0.25) is 5.91 Å². The number of nitrogens with one attached hydrogen (secondary N) is 2. The van der Waals surface area contributed by atoms with Gasteiger partial charge in [-0.2, -0.15) is 11.8 Å². The summed E-state index contributed by atoms with van der Waals surface area (Å²) in [5.74, 6) is 2.75. The van der Waals surface area contributed by atoms with Crippen molar-refractivity contribution in [1.82, 2.24) is 20.2 Å². The molecule has 25 heavy (non-hydrogen) atoms. The van der Waals surface area contributed by atoms with Crippen LogP contribution in [0.2, 0.25) is 0 Å². The third-order valence-electron chi connectivity index (χ3n) is 4.04. The van der Waals surface area contributed by atoms with Gasteiger partial charge >= 0.3 is 0 Å².